The maximum absolute atomic E-state index is 10.7. The summed E-state index contributed by atoms with van der Waals surface area (Å²) >= 11 is 0. The molecular formula is C18H16N2O2. The van der Waals surface area contributed by atoms with E-state index < -0.39 is 0 Å². The Bertz CT molecular complexity index is 879. The Labute approximate surface area is 127 Å². The van der Waals surface area contributed by atoms with Gasteiger partial charge in [0, 0.05) is 22.7 Å². The zero-order valence-electron chi connectivity index (χ0n) is 12.0. The molecule has 0 saturated heterocycles. The van der Waals surface area contributed by atoms with E-state index in [0.29, 0.717) is 11.8 Å². The molecule has 3 aromatic rings. The van der Waals surface area contributed by atoms with Gasteiger partial charge in [-0.15, -0.1) is 0 Å². The number of rotatable bonds is 1. The minimum absolute atomic E-state index is 0.211. The number of pyridine rings is 1. The van der Waals surface area contributed by atoms with Crippen LogP contribution in [0.15, 0.2) is 36.5 Å². The van der Waals surface area contributed by atoms with E-state index in [2.05, 4.69) is 4.98 Å². The summed E-state index contributed by atoms with van der Waals surface area (Å²) in [6.45, 7) is 0. The average molecular weight is 292 g/mol. The quantitative estimate of drug-likeness (QED) is 0.717. The maximum Gasteiger partial charge on any atom is 0.202 e. The highest BCUT2D eigenvalue weighted by Gasteiger charge is 2.44. The maximum atomic E-state index is 10.7. The largest absolute Gasteiger partial charge is 0.494 e. The zero-order chi connectivity index (χ0) is 14.8. The van der Waals surface area contributed by atoms with Crippen molar-refractivity contribution in [3.63, 3.8) is 0 Å². The van der Waals surface area contributed by atoms with Gasteiger partial charge in [0.2, 0.25) is 11.8 Å². The topological polar surface area (TPSA) is 58.3 Å². The number of aromatic hydroxyl groups is 2. The highest BCUT2D eigenvalue weighted by Crippen LogP contribution is 2.60. The fourth-order valence-corrected chi connectivity index (χ4v) is 4.34. The first-order chi connectivity index (χ1) is 10.7. The molecule has 5 rings (SSSR count). The first kappa shape index (κ1) is 12.1. The molecule has 2 atom stereocenters. The molecule has 0 radical (unpaired) electrons. The van der Waals surface area contributed by atoms with E-state index in [1.807, 2.05) is 30.3 Å². The van der Waals surface area contributed by atoms with Gasteiger partial charge in [0.1, 0.15) is 0 Å². The normalized spacial score (nSPS) is 22.4. The number of hydrogen-bond acceptors (Lipinski definition) is 3. The lowest BCUT2D eigenvalue weighted by Crippen LogP contribution is -1.95. The molecule has 2 aromatic heterocycles. The van der Waals surface area contributed by atoms with Crippen LogP contribution in [0.1, 0.15) is 42.2 Å². The number of aromatic nitrogens is 2. The van der Waals surface area contributed by atoms with E-state index >= 15 is 0 Å². The number of fused-ring (bicyclic) bond motifs is 6. The van der Waals surface area contributed by atoms with Gasteiger partial charge in [-0.2, -0.15) is 0 Å². The Hall–Kier alpha value is -2.49. The zero-order valence-corrected chi connectivity index (χ0v) is 12.0. The molecule has 0 aliphatic heterocycles. The second kappa shape index (κ2) is 4.03. The van der Waals surface area contributed by atoms with Crippen molar-refractivity contribution < 1.29 is 10.2 Å². The van der Waals surface area contributed by atoms with E-state index in [-0.39, 0.29) is 11.8 Å². The lowest BCUT2D eigenvalue weighted by Gasteiger charge is -2.10. The Morgan fingerprint density at radius 3 is 2.45 bits per heavy atom. The van der Waals surface area contributed by atoms with Gasteiger partial charge in [0.05, 0.1) is 11.2 Å². The van der Waals surface area contributed by atoms with Crippen molar-refractivity contribution in [3.05, 3.63) is 47.7 Å². The fourth-order valence-electron chi connectivity index (χ4n) is 4.34. The van der Waals surface area contributed by atoms with Crippen LogP contribution in [0.2, 0.25) is 0 Å². The van der Waals surface area contributed by atoms with Crippen LogP contribution in [0.3, 0.4) is 0 Å². The highest BCUT2D eigenvalue weighted by atomic mass is 16.3. The highest BCUT2D eigenvalue weighted by molar-refractivity contribution is 5.81. The van der Waals surface area contributed by atoms with Crippen molar-refractivity contribution in [1.82, 2.24) is 9.55 Å². The van der Waals surface area contributed by atoms with Gasteiger partial charge in [0.25, 0.3) is 0 Å². The molecule has 1 fully saturated rings. The summed E-state index contributed by atoms with van der Waals surface area (Å²) in [5.74, 6) is 1.24. The third-order valence-electron chi connectivity index (χ3n) is 5.29. The first-order valence-corrected chi connectivity index (χ1v) is 7.75. The predicted molar refractivity (Wildman–Crippen MR) is 83.7 cm³/mol. The van der Waals surface area contributed by atoms with Crippen LogP contribution in [-0.2, 0) is 0 Å². The van der Waals surface area contributed by atoms with Crippen LogP contribution in [0.4, 0.5) is 0 Å². The van der Waals surface area contributed by atoms with Gasteiger partial charge in [0.15, 0.2) is 0 Å². The summed E-state index contributed by atoms with van der Waals surface area (Å²) in [4.78, 5) is 4.31. The summed E-state index contributed by atoms with van der Waals surface area (Å²) in [7, 11) is 0. The van der Waals surface area contributed by atoms with E-state index in [1.54, 1.807) is 10.8 Å². The molecule has 2 aliphatic rings. The van der Waals surface area contributed by atoms with Crippen molar-refractivity contribution in [1.29, 1.82) is 0 Å². The lowest BCUT2D eigenvalue weighted by molar-refractivity contribution is 0.395. The third-order valence-corrected chi connectivity index (χ3v) is 5.29. The molecule has 1 aromatic carbocycles. The van der Waals surface area contributed by atoms with Crippen molar-refractivity contribution in [3.8, 4) is 17.4 Å². The Kier molecular flexibility index (Phi) is 2.22. The van der Waals surface area contributed by atoms with E-state index in [4.69, 9.17) is 0 Å². The van der Waals surface area contributed by atoms with Gasteiger partial charge >= 0.3 is 0 Å². The lowest BCUT2D eigenvalue weighted by atomic mass is 9.95. The van der Waals surface area contributed by atoms with Crippen LogP contribution in [0.25, 0.3) is 16.6 Å². The molecule has 4 nitrogen and oxygen atoms in total. The summed E-state index contributed by atoms with van der Waals surface area (Å²) < 4.78 is 1.58. The van der Waals surface area contributed by atoms with Crippen LogP contribution in [0, 0.1) is 0 Å². The summed E-state index contributed by atoms with van der Waals surface area (Å²) in [6.07, 6.45) is 5.08. The van der Waals surface area contributed by atoms with Crippen LogP contribution in [-0.4, -0.2) is 19.8 Å². The van der Waals surface area contributed by atoms with Gasteiger partial charge in [-0.05, 0) is 55.4 Å². The number of nitrogens with zero attached hydrogens (tertiary/aromatic N) is 2. The van der Waals surface area contributed by atoms with Crippen LogP contribution in [0.5, 0.6) is 11.8 Å². The minimum Gasteiger partial charge on any atom is -0.494 e. The molecule has 2 bridgehead atoms. The van der Waals surface area contributed by atoms with Crippen molar-refractivity contribution >= 4 is 10.9 Å². The smallest absolute Gasteiger partial charge is 0.202 e. The fraction of sp³-hybridized carbons (Fsp3) is 0.278. The second-order valence-electron chi connectivity index (χ2n) is 6.40. The molecule has 2 unspecified atom stereocenters. The Balaban J connectivity index is 1.75. The number of hydrogen-bond donors (Lipinski definition) is 2. The second-order valence-corrected chi connectivity index (χ2v) is 6.40. The molecule has 2 heterocycles. The number of benzene rings is 1. The first-order valence-electron chi connectivity index (χ1n) is 7.75. The molecule has 0 amide bonds. The summed E-state index contributed by atoms with van der Waals surface area (Å²) in [5.41, 5.74) is 3.63. The standard InChI is InChI=1S/C18H16N2O2/c21-17-15-11-3-4-12(8-11)16(15)18(22)20(17)13-5-6-14-10(9-13)2-1-7-19-14/h1-2,5-7,9,11-12,21-22H,3-4,8H2. The molecule has 4 heteroatoms. The van der Waals surface area contributed by atoms with Gasteiger partial charge < -0.3 is 10.2 Å². The van der Waals surface area contributed by atoms with E-state index in [0.717, 1.165) is 47.0 Å². The van der Waals surface area contributed by atoms with Crippen molar-refractivity contribution in [2.45, 2.75) is 31.1 Å². The monoisotopic (exact) mass is 292 g/mol. The molecule has 2 N–H and O–H groups in total. The van der Waals surface area contributed by atoms with Crippen molar-refractivity contribution in [2.24, 2.45) is 0 Å². The molecule has 2 aliphatic carbocycles. The summed E-state index contributed by atoms with van der Waals surface area (Å²) in [6, 6.07) is 9.65. The SMILES string of the molecule is Oc1c2c(c(O)n1-c1ccc3ncccc3c1)C1CCC2C1. The molecule has 22 heavy (non-hydrogen) atoms. The Morgan fingerprint density at radius 1 is 1.00 bits per heavy atom. The van der Waals surface area contributed by atoms with Crippen LogP contribution < -0.4 is 0 Å². The van der Waals surface area contributed by atoms with E-state index in [9.17, 15) is 10.2 Å². The summed E-state index contributed by atoms with van der Waals surface area (Å²) in [5, 5.41) is 22.3. The molecular weight excluding hydrogens is 276 g/mol. The predicted octanol–water partition coefficient (Wildman–Crippen LogP) is 3.80. The average Bonchev–Trinajstić information content (AvgIpc) is 3.21. The van der Waals surface area contributed by atoms with Crippen molar-refractivity contribution in [2.75, 3.05) is 0 Å². The van der Waals surface area contributed by atoms with Gasteiger partial charge in [-0.3, -0.25) is 9.55 Å². The minimum atomic E-state index is 0.211. The molecule has 110 valence electrons. The van der Waals surface area contributed by atoms with Gasteiger partial charge in [-0.25, -0.2) is 0 Å². The van der Waals surface area contributed by atoms with E-state index in [1.165, 1.54) is 0 Å². The Morgan fingerprint density at radius 2 is 1.73 bits per heavy atom. The van der Waals surface area contributed by atoms with Gasteiger partial charge in [-0.1, -0.05) is 6.07 Å². The third kappa shape index (κ3) is 1.39. The molecule has 1 saturated carbocycles. The van der Waals surface area contributed by atoms with Crippen LogP contribution >= 0.6 is 0 Å². The molecule has 0 spiro atoms.